The maximum atomic E-state index is 13.3. The molecule has 0 saturated carbocycles. The van der Waals surface area contributed by atoms with Gasteiger partial charge in [0.15, 0.2) is 5.01 Å². The predicted molar refractivity (Wildman–Crippen MR) is 147 cm³/mol. The van der Waals surface area contributed by atoms with Crippen molar-refractivity contribution in [3.05, 3.63) is 66.3 Å². The van der Waals surface area contributed by atoms with Gasteiger partial charge in [0.1, 0.15) is 5.60 Å². The number of amides is 2. The summed E-state index contributed by atoms with van der Waals surface area (Å²) < 4.78 is 6.10. The topological polar surface area (TPSA) is 101 Å². The Morgan fingerprint density at radius 1 is 1.14 bits per heavy atom. The minimum atomic E-state index is -0.722. The summed E-state index contributed by atoms with van der Waals surface area (Å²) in [5, 5.41) is 6.06. The number of carbonyl (C=O) groups excluding carboxylic acids is 3. The number of carbonyl (C=O) groups is 3. The third-order valence-corrected chi connectivity index (χ3v) is 7.89. The average Bonchev–Trinajstić information content (AvgIpc) is 3.39. The van der Waals surface area contributed by atoms with Crippen LogP contribution in [0, 0.1) is 0 Å². The van der Waals surface area contributed by atoms with Crippen molar-refractivity contribution in [1.29, 1.82) is 0 Å². The van der Waals surface area contributed by atoms with Gasteiger partial charge in [-0.05, 0) is 71.0 Å². The average molecular weight is 561 g/mol. The molecule has 37 heavy (non-hydrogen) atoms. The maximum Gasteiger partial charge on any atom is 0.340 e. The summed E-state index contributed by atoms with van der Waals surface area (Å²) >= 11 is 8.49. The van der Waals surface area contributed by atoms with Crippen LogP contribution in [-0.2, 0) is 24.2 Å². The van der Waals surface area contributed by atoms with E-state index >= 15 is 0 Å². The van der Waals surface area contributed by atoms with E-state index in [9.17, 15) is 14.4 Å². The van der Waals surface area contributed by atoms with Gasteiger partial charge in [-0.3, -0.25) is 9.59 Å². The van der Waals surface area contributed by atoms with Crippen LogP contribution >= 0.6 is 34.3 Å². The first-order valence-electron chi connectivity index (χ1n) is 11.9. The molecule has 0 fully saturated rings. The lowest BCUT2D eigenvalue weighted by Crippen LogP contribution is -2.27. The van der Waals surface area contributed by atoms with E-state index in [1.165, 1.54) is 22.7 Å². The molecule has 0 aliphatic carbocycles. The third kappa shape index (κ3) is 6.95. The first kappa shape index (κ1) is 27.3. The number of aryl methyl sites for hydroxylation is 1. The number of ether oxygens (including phenoxy) is 1. The Hall–Kier alpha value is -2.79. The first-order chi connectivity index (χ1) is 17.5. The van der Waals surface area contributed by atoms with Crippen molar-refractivity contribution in [2.45, 2.75) is 52.3 Å². The van der Waals surface area contributed by atoms with Gasteiger partial charge in [-0.15, -0.1) is 22.7 Å². The number of para-hydroxylation sites is 1. The second-order valence-corrected chi connectivity index (χ2v) is 12.6. The number of hydrogen-bond donors (Lipinski definition) is 2. The Morgan fingerprint density at radius 2 is 1.92 bits per heavy atom. The quantitative estimate of drug-likeness (QED) is 0.393. The molecule has 1 aromatic carbocycles. The smallest absolute Gasteiger partial charge is 0.340 e. The van der Waals surface area contributed by atoms with E-state index in [4.69, 9.17) is 16.3 Å². The fourth-order valence-electron chi connectivity index (χ4n) is 3.90. The number of thiazole rings is 1. The SMILES string of the molecule is CN1CCCc2nc(C(=O)Nc3c(CNC(=O)c4ccc(Cl)s4)cccc3C(=O)OC(C)(C)C)sc2C1. The van der Waals surface area contributed by atoms with Gasteiger partial charge in [0, 0.05) is 18.0 Å². The molecular formula is C26H29ClN4O4S2. The number of fused-ring (bicyclic) bond motifs is 1. The Kier molecular flexibility index (Phi) is 8.33. The molecule has 3 aromatic rings. The molecule has 1 aliphatic rings. The van der Waals surface area contributed by atoms with Gasteiger partial charge >= 0.3 is 5.97 Å². The number of hydrogen-bond acceptors (Lipinski definition) is 8. The summed E-state index contributed by atoms with van der Waals surface area (Å²) in [5.74, 6) is -1.28. The fraction of sp³-hybridized carbons (Fsp3) is 0.385. The number of esters is 1. The Morgan fingerprint density at radius 3 is 2.62 bits per heavy atom. The number of aromatic nitrogens is 1. The molecule has 0 unspecified atom stereocenters. The highest BCUT2D eigenvalue weighted by Crippen LogP contribution is 2.28. The van der Waals surface area contributed by atoms with E-state index in [1.807, 2.05) is 0 Å². The molecule has 0 atom stereocenters. The van der Waals surface area contributed by atoms with Gasteiger partial charge in [-0.1, -0.05) is 23.7 Å². The lowest BCUT2D eigenvalue weighted by Gasteiger charge is -2.21. The van der Waals surface area contributed by atoms with Crippen molar-refractivity contribution in [2.24, 2.45) is 0 Å². The van der Waals surface area contributed by atoms with Crippen LogP contribution in [0.25, 0.3) is 0 Å². The molecule has 0 radical (unpaired) electrons. The molecule has 2 aromatic heterocycles. The molecule has 196 valence electrons. The monoisotopic (exact) mass is 560 g/mol. The second-order valence-electron chi connectivity index (χ2n) is 9.81. The Bertz CT molecular complexity index is 1330. The number of anilines is 1. The van der Waals surface area contributed by atoms with Gasteiger partial charge < -0.3 is 20.3 Å². The second kappa shape index (κ2) is 11.3. The van der Waals surface area contributed by atoms with E-state index in [2.05, 4.69) is 27.6 Å². The summed E-state index contributed by atoms with van der Waals surface area (Å²) in [6.07, 6.45) is 1.80. The maximum absolute atomic E-state index is 13.3. The summed E-state index contributed by atoms with van der Waals surface area (Å²) in [6.45, 7) is 7.15. The summed E-state index contributed by atoms with van der Waals surface area (Å²) in [5.41, 5.74) is 1.27. The highest BCUT2D eigenvalue weighted by Gasteiger charge is 2.26. The number of benzene rings is 1. The van der Waals surface area contributed by atoms with E-state index < -0.39 is 17.5 Å². The predicted octanol–water partition coefficient (Wildman–Crippen LogP) is 5.37. The minimum Gasteiger partial charge on any atom is -0.456 e. The van der Waals surface area contributed by atoms with Crippen LogP contribution in [0.1, 0.15) is 73.2 Å². The highest BCUT2D eigenvalue weighted by atomic mass is 35.5. The van der Waals surface area contributed by atoms with Crippen LogP contribution in [0.5, 0.6) is 0 Å². The van der Waals surface area contributed by atoms with Crippen molar-refractivity contribution in [2.75, 3.05) is 18.9 Å². The number of nitrogens with zero attached hydrogens (tertiary/aromatic N) is 2. The van der Waals surface area contributed by atoms with Crippen molar-refractivity contribution < 1.29 is 19.1 Å². The lowest BCUT2D eigenvalue weighted by atomic mass is 10.1. The van der Waals surface area contributed by atoms with Gasteiger partial charge in [0.05, 0.1) is 26.2 Å². The number of thiophene rings is 1. The van der Waals surface area contributed by atoms with Crippen LogP contribution in [0.4, 0.5) is 5.69 Å². The molecule has 4 rings (SSSR count). The first-order valence-corrected chi connectivity index (χ1v) is 13.9. The van der Waals surface area contributed by atoms with E-state index in [-0.39, 0.29) is 23.7 Å². The summed E-state index contributed by atoms with van der Waals surface area (Å²) in [4.78, 5) is 47.4. The number of rotatable bonds is 6. The third-order valence-electron chi connectivity index (χ3n) is 5.58. The zero-order valence-electron chi connectivity index (χ0n) is 21.1. The largest absolute Gasteiger partial charge is 0.456 e. The van der Waals surface area contributed by atoms with Crippen LogP contribution in [0.2, 0.25) is 4.34 Å². The molecule has 0 spiro atoms. The highest BCUT2D eigenvalue weighted by molar-refractivity contribution is 7.18. The fourth-order valence-corrected chi connectivity index (χ4v) is 5.95. The Labute approximate surface area is 229 Å². The van der Waals surface area contributed by atoms with E-state index in [0.29, 0.717) is 19.8 Å². The molecule has 8 nitrogen and oxygen atoms in total. The van der Waals surface area contributed by atoms with E-state index in [1.54, 1.807) is 51.1 Å². The molecule has 3 heterocycles. The minimum absolute atomic E-state index is 0.0831. The molecule has 2 amide bonds. The van der Waals surface area contributed by atoms with Crippen molar-refractivity contribution in [3.8, 4) is 0 Å². The number of halogens is 1. The lowest BCUT2D eigenvalue weighted by molar-refractivity contribution is 0.00706. The standard InChI is InChI=1S/C26H29ClN4O4S2/c1-26(2,3)35-25(34)16-8-5-7-15(13-28-22(32)18-10-11-20(27)36-18)21(16)30-23(33)24-29-17-9-6-12-31(4)14-19(17)37-24/h5,7-8,10-11H,6,9,12-14H2,1-4H3,(H,28,32)(H,30,33). The molecule has 11 heteroatoms. The van der Waals surface area contributed by atoms with Crippen molar-refractivity contribution in [3.63, 3.8) is 0 Å². The van der Waals surface area contributed by atoms with Crippen LogP contribution in [-0.4, -0.2) is 46.9 Å². The zero-order valence-corrected chi connectivity index (χ0v) is 23.5. The van der Waals surface area contributed by atoms with Crippen LogP contribution in [0.15, 0.2) is 30.3 Å². The van der Waals surface area contributed by atoms with Gasteiger partial charge in [-0.2, -0.15) is 0 Å². The summed E-state index contributed by atoms with van der Waals surface area (Å²) in [6, 6.07) is 8.34. The van der Waals surface area contributed by atoms with Crippen LogP contribution < -0.4 is 10.6 Å². The molecule has 2 N–H and O–H groups in total. The molecule has 1 aliphatic heterocycles. The Balaban J connectivity index is 1.62. The van der Waals surface area contributed by atoms with Gasteiger partial charge in [0.25, 0.3) is 11.8 Å². The molecule has 0 bridgehead atoms. The zero-order chi connectivity index (χ0) is 26.7. The van der Waals surface area contributed by atoms with Gasteiger partial charge in [0.2, 0.25) is 0 Å². The summed E-state index contributed by atoms with van der Waals surface area (Å²) in [7, 11) is 2.05. The van der Waals surface area contributed by atoms with E-state index in [0.717, 1.165) is 36.5 Å². The molecule has 0 saturated heterocycles. The number of nitrogens with one attached hydrogen (secondary N) is 2. The van der Waals surface area contributed by atoms with Crippen molar-refractivity contribution in [1.82, 2.24) is 15.2 Å². The molecular weight excluding hydrogens is 532 g/mol. The van der Waals surface area contributed by atoms with Crippen LogP contribution in [0.3, 0.4) is 0 Å². The van der Waals surface area contributed by atoms with Gasteiger partial charge in [-0.25, -0.2) is 9.78 Å². The normalized spacial score (nSPS) is 14.0. The van der Waals surface area contributed by atoms with Crippen molar-refractivity contribution >= 4 is 57.7 Å².